The van der Waals surface area contributed by atoms with Crippen molar-refractivity contribution in [2.24, 2.45) is 11.1 Å². The van der Waals surface area contributed by atoms with Crippen LogP contribution in [0.15, 0.2) is 0 Å². The van der Waals surface area contributed by atoms with E-state index in [1.807, 2.05) is 4.90 Å². The number of hydrogen-bond acceptors (Lipinski definition) is 2. The van der Waals surface area contributed by atoms with Crippen LogP contribution in [0.25, 0.3) is 0 Å². The SMILES string of the molecule is CCC1(C)CCN(C(=O)CC2(N)CCCC2)CC1. The predicted molar refractivity (Wildman–Crippen MR) is 74.2 cm³/mol. The van der Waals surface area contributed by atoms with E-state index in [2.05, 4.69) is 13.8 Å². The van der Waals surface area contributed by atoms with Crippen LogP contribution < -0.4 is 5.73 Å². The molecule has 104 valence electrons. The van der Waals surface area contributed by atoms with Crippen LogP contribution in [0.5, 0.6) is 0 Å². The number of carbonyl (C=O) groups excluding carboxylic acids is 1. The Morgan fingerprint density at radius 1 is 1.17 bits per heavy atom. The monoisotopic (exact) mass is 252 g/mol. The van der Waals surface area contributed by atoms with Crippen molar-refractivity contribution in [1.29, 1.82) is 0 Å². The van der Waals surface area contributed by atoms with Gasteiger partial charge in [-0.15, -0.1) is 0 Å². The van der Waals surface area contributed by atoms with Gasteiger partial charge in [-0.1, -0.05) is 33.1 Å². The molecule has 0 radical (unpaired) electrons. The Morgan fingerprint density at radius 3 is 2.22 bits per heavy atom. The largest absolute Gasteiger partial charge is 0.343 e. The van der Waals surface area contributed by atoms with Crippen molar-refractivity contribution in [3.05, 3.63) is 0 Å². The van der Waals surface area contributed by atoms with E-state index in [0.29, 0.717) is 11.8 Å². The molecular formula is C15H28N2O. The lowest BCUT2D eigenvalue weighted by Crippen LogP contribution is -2.47. The third-order valence-corrected chi connectivity index (χ3v) is 5.28. The van der Waals surface area contributed by atoms with E-state index in [-0.39, 0.29) is 11.4 Å². The van der Waals surface area contributed by atoms with Gasteiger partial charge in [-0.25, -0.2) is 0 Å². The molecule has 0 spiro atoms. The van der Waals surface area contributed by atoms with Gasteiger partial charge in [0.15, 0.2) is 0 Å². The summed E-state index contributed by atoms with van der Waals surface area (Å²) in [7, 11) is 0. The van der Waals surface area contributed by atoms with E-state index in [0.717, 1.165) is 38.8 Å². The van der Waals surface area contributed by atoms with Gasteiger partial charge in [0.05, 0.1) is 0 Å². The van der Waals surface area contributed by atoms with Crippen molar-refractivity contribution >= 4 is 5.91 Å². The third-order valence-electron chi connectivity index (χ3n) is 5.28. The lowest BCUT2D eigenvalue weighted by atomic mass is 9.78. The lowest BCUT2D eigenvalue weighted by molar-refractivity contribution is -0.134. The number of nitrogens with two attached hydrogens (primary N) is 1. The van der Waals surface area contributed by atoms with Crippen LogP contribution in [0.2, 0.25) is 0 Å². The van der Waals surface area contributed by atoms with Crippen molar-refractivity contribution in [3.63, 3.8) is 0 Å². The summed E-state index contributed by atoms with van der Waals surface area (Å²) in [5.74, 6) is 0.289. The van der Waals surface area contributed by atoms with E-state index >= 15 is 0 Å². The molecule has 1 heterocycles. The van der Waals surface area contributed by atoms with Gasteiger partial charge in [0.1, 0.15) is 0 Å². The van der Waals surface area contributed by atoms with E-state index in [1.54, 1.807) is 0 Å². The lowest BCUT2D eigenvalue weighted by Gasteiger charge is -2.40. The topological polar surface area (TPSA) is 46.3 Å². The van der Waals surface area contributed by atoms with Crippen LogP contribution in [-0.4, -0.2) is 29.4 Å². The van der Waals surface area contributed by atoms with Crippen LogP contribution >= 0.6 is 0 Å². The highest BCUT2D eigenvalue weighted by Gasteiger charge is 2.35. The Morgan fingerprint density at radius 2 is 1.72 bits per heavy atom. The Labute approximate surface area is 111 Å². The molecule has 0 aromatic heterocycles. The number of rotatable bonds is 3. The zero-order valence-electron chi connectivity index (χ0n) is 12.0. The van der Waals surface area contributed by atoms with Gasteiger partial charge in [-0.3, -0.25) is 4.79 Å². The highest BCUT2D eigenvalue weighted by molar-refractivity contribution is 5.77. The Hall–Kier alpha value is -0.570. The second kappa shape index (κ2) is 5.20. The Kier molecular flexibility index (Phi) is 4.00. The summed E-state index contributed by atoms with van der Waals surface area (Å²) >= 11 is 0. The molecule has 1 aliphatic heterocycles. The van der Waals surface area contributed by atoms with E-state index in [1.165, 1.54) is 19.3 Å². The molecule has 0 unspecified atom stereocenters. The fourth-order valence-corrected chi connectivity index (χ4v) is 3.32. The molecule has 0 aromatic carbocycles. The summed E-state index contributed by atoms with van der Waals surface area (Å²) in [6.45, 7) is 6.46. The molecule has 0 atom stereocenters. The number of likely N-dealkylation sites (tertiary alicyclic amines) is 1. The maximum Gasteiger partial charge on any atom is 0.224 e. The molecule has 18 heavy (non-hydrogen) atoms. The summed E-state index contributed by atoms with van der Waals surface area (Å²) in [4.78, 5) is 14.4. The minimum Gasteiger partial charge on any atom is -0.343 e. The molecule has 1 amide bonds. The minimum atomic E-state index is -0.192. The molecule has 1 saturated heterocycles. The van der Waals surface area contributed by atoms with Crippen LogP contribution in [0.3, 0.4) is 0 Å². The first kappa shape index (κ1) is 13.9. The molecular weight excluding hydrogens is 224 g/mol. The van der Waals surface area contributed by atoms with Crippen molar-refractivity contribution in [2.45, 2.75) is 70.8 Å². The number of nitrogens with zero attached hydrogens (tertiary/aromatic N) is 1. The van der Waals surface area contributed by atoms with Gasteiger partial charge >= 0.3 is 0 Å². The van der Waals surface area contributed by atoms with Gasteiger partial charge in [-0.05, 0) is 31.1 Å². The van der Waals surface area contributed by atoms with Gasteiger partial charge in [0.2, 0.25) is 5.91 Å². The van der Waals surface area contributed by atoms with E-state index < -0.39 is 0 Å². The number of hydrogen-bond donors (Lipinski definition) is 1. The average molecular weight is 252 g/mol. The second-order valence-electron chi connectivity index (χ2n) is 6.79. The van der Waals surface area contributed by atoms with Crippen molar-refractivity contribution in [1.82, 2.24) is 4.90 Å². The molecule has 3 nitrogen and oxygen atoms in total. The summed E-state index contributed by atoms with van der Waals surface area (Å²) in [5, 5.41) is 0. The van der Waals surface area contributed by atoms with Gasteiger partial charge in [0.25, 0.3) is 0 Å². The number of piperidine rings is 1. The molecule has 0 aromatic rings. The quantitative estimate of drug-likeness (QED) is 0.839. The normalized spacial score (nSPS) is 26.3. The highest BCUT2D eigenvalue weighted by atomic mass is 16.2. The van der Waals surface area contributed by atoms with Crippen molar-refractivity contribution < 1.29 is 4.79 Å². The van der Waals surface area contributed by atoms with Crippen LogP contribution in [0.4, 0.5) is 0 Å². The Bertz CT molecular complexity index is 300. The van der Waals surface area contributed by atoms with Crippen molar-refractivity contribution in [3.8, 4) is 0 Å². The molecule has 2 N–H and O–H groups in total. The summed E-state index contributed by atoms with van der Waals surface area (Å²) in [6.07, 6.45) is 8.51. The molecule has 2 rings (SSSR count). The van der Waals surface area contributed by atoms with E-state index in [4.69, 9.17) is 5.73 Å². The zero-order valence-corrected chi connectivity index (χ0v) is 12.0. The molecule has 1 aliphatic carbocycles. The molecule has 3 heteroatoms. The summed E-state index contributed by atoms with van der Waals surface area (Å²) in [5.41, 5.74) is 6.56. The van der Waals surface area contributed by atoms with E-state index in [9.17, 15) is 4.79 Å². The minimum absolute atomic E-state index is 0.192. The Balaban J connectivity index is 1.84. The zero-order chi connectivity index (χ0) is 13.2. The average Bonchev–Trinajstić information content (AvgIpc) is 2.76. The highest BCUT2D eigenvalue weighted by Crippen LogP contribution is 2.35. The second-order valence-corrected chi connectivity index (χ2v) is 6.79. The molecule has 0 bridgehead atoms. The summed E-state index contributed by atoms with van der Waals surface area (Å²) in [6, 6.07) is 0. The smallest absolute Gasteiger partial charge is 0.224 e. The van der Waals surface area contributed by atoms with Gasteiger partial charge < -0.3 is 10.6 Å². The van der Waals surface area contributed by atoms with Crippen LogP contribution in [-0.2, 0) is 4.79 Å². The number of carbonyl (C=O) groups is 1. The first-order chi connectivity index (χ1) is 8.46. The fraction of sp³-hybridized carbons (Fsp3) is 0.933. The third kappa shape index (κ3) is 3.05. The first-order valence-electron chi connectivity index (χ1n) is 7.53. The molecule has 1 saturated carbocycles. The van der Waals surface area contributed by atoms with Crippen LogP contribution in [0.1, 0.15) is 65.2 Å². The number of amides is 1. The first-order valence-corrected chi connectivity index (χ1v) is 7.53. The van der Waals surface area contributed by atoms with Crippen LogP contribution in [0, 0.1) is 5.41 Å². The maximum absolute atomic E-state index is 12.3. The molecule has 2 aliphatic rings. The standard InChI is InChI=1S/C15H28N2O/c1-3-14(2)8-10-17(11-9-14)13(18)12-15(16)6-4-5-7-15/h3-12,16H2,1-2H3. The van der Waals surface area contributed by atoms with Gasteiger partial charge in [0, 0.05) is 25.0 Å². The fourth-order valence-electron chi connectivity index (χ4n) is 3.32. The maximum atomic E-state index is 12.3. The molecule has 2 fully saturated rings. The predicted octanol–water partition coefficient (Wildman–Crippen LogP) is 2.69. The summed E-state index contributed by atoms with van der Waals surface area (Å²) < 4.78 is 0. The van der Waals surface area contributed by atoms with Gasteiger partial charge in [-0.2, -0.15) is 0 Å². The van der Waals surface area contributed by atoms with Crippen molar-refractivity contribution in [2.75, 3.05) is 13.1 Å².